The van der Waals surface area contributed by atoms with Gasteiger partial charge in [-0.25, -0.2) is 0 Å². The molecule has 0 saturated carbocycles. The fourth-order valence-electron chi connectivity index (χ4n) is 2.39. The van der Waals surface area contributed by atoms with Crippen molar-refractivity contribution in [3.05, 3.63) is 29.0 Å². The van der Waals surface area contributed by atoms with Crippen LogP contribution in [0.3, 0.4) is 0 Å². The van der Waals surface area contributed by atoms with Gasteiger partial charge in [-0.15, -0.1) is 0 Å². The fourth-order valence-corrected chi connectivity index (χ4v) is 2.71. The van der Waals surface area contributed by atoms with Crippen LogP contribution in [0.15, 0.2) is 29.0 Å². The van der Waals surface area contributed by atoms with Gasteiger partial charge >= 0.3 is 0 Å². The van der Waals surface area contributed by atoms with Gasteiger partial charge in [-0.05, 0) is 40.9 Å². The standard InChI is InChI=1S/C13H15BrN4/c14-9-7-11-13(17-8-9)12(1-4-16-11)18-5-2-10(15)3-6-18/h1,4,7-8,10H,2-3,5-6,15H2. The number of piperidine rings is 1. The fraction of sp³-hybridized carbons (Fsp3) is 0.385. The molecule has 3 rings (SSSR count). The first kappa shape index (κ1) is 11.9. The first-order valence-electron chi connectivity index (χ1n) is 6.15. The predicted octanol–water partition coefficient (Wildman–Crippen LogP) is 2.32. The van der Waals surface area contributed by atoms with Gasteiger partial charge in [0.2, 0.25) is 0 Å². The molecule has 5 heteroatoms. The van der Waals surface area contributed by atoms with E-state index in [2.05, 4.69) is 30.8 Å². The van der Waals surface area contributed by atoms with E-state index in [0.717, 1.165) is 41.4 Å². The van der Waals surface area contributed by atoms with Crippen LogP contribution in [0.2, 0.25) is 0 Å². The second-order valence-electron chi connectivity index (χ2n) is 4.68. The van der Waals surface area contributed by atoms with Crippen molar-refractivity contribution in [2.45, 2.75) is 18.9 Å². The molecule has 94 valence electrons. The highest BCUT2D eigenvalue weighted by Gasteiger charge is 2.18. The molecule has 0 aromatic carbocycles. The largest absolute Gasteiger partial charge is 0.370 e. The Morgan fingerprint density at radius 1 is 1.28 bits per heavy atom. The molecule has 0 radical (unpaired) electrons. The number of nitrogens with zero attached hydrogens (tertiary/aromatic N) is 3. The molecule has 4 nitrogen and oxygen atoms in total. The number of hydrogen-bond acceptors (Lipinski definition) is 4. The Labute approximate surface area is 114 Å². The molecule has 1 aliphatic rings. The maximum absolute atomic E-state index is 5.95. The van der Waals surface area contributed by atoms with Crippen LogP contribution in [0.25, 0.3) is 11.0 Å². The molecule has 0 unspecified atom stereocenters. The predicted molar refractivity (Wildman–Crippen MR) is 76.7 cm³/mol. The van der Waals surface area contributed by atoms with Gasteiger partial charge in [0.25, 0.3) is 0 Å². The van der Waals surface area contributed by atoms with Gasteiger partial charge in [0, 0.05) is 36.0 Å². The number of halogens is 1. The molecule has 1 saturated heterocycles. The molecule has 0 bridgehead atoms. The molecule has 2 aromatic heterocycles. The minimum atomic E-state index is 0.344. The summed E-state index contributed by atoms with van der Waals surface area (Å²) in [5.74, 6) is 0. The first-order chi connectivity index (χ1) is 8.74. The summed E-state index contributed by atoms with van der Waals surface area (Å²) >= 11 is 3.43. The zero-order valence-corrected chi connectivity index (χ0v) is 11.6. The molecule has 2 N–H and O–H groups in total. The van der Waals surface area contributed by atoms with Gasteiger partial charge in [-0.1, -0.05) is 0 Å². The molecule has 2 aromatic rings. The molecular weight excluding hydrogens is 292 g/mol. The summed E-state index contributed by atoms with van der Waals surface area (Å²) in [7, 11) is 0. The van der Waals surface area contributed by atoms with Crippen molar-refractivity contribution in [2.75, 3.05) is 18.0 Å². The summed E-state index contributed by atoms with van der Waals surface area (Å²) < 4.78 is 0.959. The molecule has 1 fully saturated rings. The Hall–Kier alpha value is -1.20. The number of rotatable bonds is 1. The SMILES string of the molecule is NC1CCN(c2ccnc3cc(Br)cnc23)CC1. The first-order valence-corrected chi connectivity index (χ1v) is 6.94. The van der Waals surface area contributed by atoms with Crippen molar-refractivity contribution in [2.24, 2.45) is 5.73 Å². The third-order valence-electron chi connectivity index (χ3n) is 3.40. The molecule has 0 spiro atoms. The lowest BCUT2D eigenvalue weighted by atomic mass is 10.1. The Morgan fingerprint density at radius 3 is 2.83 bits per heavy atom. The van der Waals surface area contributed by atoms with Gasteiger partial charge in [0.1, 0.15) is 5.52 Å². The average Bonchev–Trinajstić information content (AvgIpc) is 2.38. The number of fused-ring (bicyclic) bond motifs is 1. The molecule has 18 heavy (non-hydrogen) atoms. The van der Waals surface area contributed by atoms with Crippen LogP contribution in [-0.4, -0.2) is 29.1 Å². The number of aromatic nitrogens is 2. The minimum absolute atomic E-state index is 0.344. The zero-order valence-electron chi connectivity index (χ0n) is 10.0. The van der Waals surface area contributed by atoms with Crippen molar-refractivity contribution < 1.29 is 0 Å². The number of pyridine rings is 2. The van der Waals surface area contributed by atoms with Crippen LogP contribution in [0, 0.1) is 0 Å². The van der Waals surface area contributed by atoms with Gasteiger partial charge in [-0.3, -0.25) is 9.97 Å². The highest BCUT2D eigenvalue weighted by molar-refractivity contribution is 9.10. The average molecular weight is 307 g/mol. The van der Waals surface area contributed by atoms with Crippen LogP contribution in [0.1, 0.15) is 12.8 Å². The van der Waals surface area contributed by atoms with E-state index in [1.807, 2.05) is 24.5 Å². The van der Waals surface area contributed by atoms with Gasteiger partial charge in [0.05, 0.1) is 11.2 Å². The van der Waals surface area contributed by atoms with Crippen LogP contribution >= 0.6 is 15.9 Å². The second-order valence-corrected chi connectivity index (χ2v) is 5.59. The Balaban J connectivity index is 2.01. The molecular formula is C13H15BrN4. The highest BCUT2D eigenvalue weighted by Crippen LogP contribution is 2.27. The maximum Gasteiger partial charge on any atom is 0.112 e. The van der Waals surface area contributed by atoms with Crippen molar-refractivity contribution in [3.63, 3.8) is 0 Å². The number of anilines is 1. The molecule has 0 amide bonds. The quantitative estimate of drug-likeness (QED) is 0.878. The summed E-state index contributed by atoms with van der Waals surface area (Å²) in [5.41, 5.74) is 9.01. The maximum atomic E-state index is 5.95. The van der Waals surface area contributed by atoms with Crippen molar-refractivity contribution in [1.82, 2.24) is 9.97 Å². The molecule has 1 aliphatic heterocycles. The minimum Gasteiger partial charge on any atom is -0.370 e. The summed E-state index contributed by atoms with van der Waals surface area (Å²) in [6.07, 6.45) is 5.75. The second kappa shape index (κ2) is 4.82. The summed E-state index contributed by atoms with van der Waals surface area (Å²) in [4.78, 5) is 11.2. The molecule has 3 heterocycles. The summed E-state index contributed by atoms with van der Waals surface area (Å²) in [6.45, 7) is 2.00. The van der Waals surface area contributed by atoms with Gasteiger partial charge < -0.3 is 10.6 Å². The Kier molecular flexibility index (Phi) is 3.18. The van der Waals surface area contributed by atoms with Crippen molar-refractivity contribution >= 4 is 32.7 Å². The lowest BCUT2D eigenvalue weighted by molar-refractivity contribution is 0.502. The van der Waals surface area contributed by atoms with E-state index in [1.54, 1.807) is 0 Å². The van der Waals surface area contributed by atoms with E-state index in [9.17, 15) is 0 Å². The Morgan fingerprint density at radius 2 is 2.06 bits per heavy atom. The van der Waals surface area contributed by atoms with Crippen LogP contribution in [-0.2, 0) is 0 Å². The summed E-state index contributed by atoms with van der Waals surface area (Å²) in [5, 5.41) is 0. The van der Waals surface area contributed by atoms with Crippen molar-refractivity contribution in [1.29, 1.82) is 0 Å². The highest BCUT2D eigenvalue weighted by atomic mass is 79.9. The monoisotopic (exact) mass is 306 g/mol. The zero-order chi connectivity index (χ0) is 12.5. The third-order valence-corrected chi connectivity index (χ3v) is 3.84. The van der Waals surface area contributed by atoms with Crippen LogP contribution in [0.4, 0.5) is 5.69 Å². The van der Waals surface area contributed by atoms with E-state index in [0.29, 0.717) is 6.04 Å². The Bertz CT molecular complexity index is 564. The third kappa shape index (κ3) is 2.20. The lowest BCUT2D eigenvalue weighted by Gasteiger charge is -2.32. The van der Waals surface area contributed by atoms with Crippen LogP contribution < -0.4 is 10.6 Å². The summed E-state index contributed by atoms with van der Waals surface area (Å²) in [6, 6.07) is 4.39. The van der Waals surface area contributed by atoms with E-state index in [4.69, 9.17) is 5.73 Å². The number of nitrogens with two attached hydrogens (primary N) is 1. The number of hydrogen-bond donors (Lipinski definition) is 1. The van der Waals surface area contributed by atoms with Crippen molar-refractivity contribution in [3.8, 4) is 0 Å². The van der Waals surface area contributed by atoms with E-state index < -0.39 is 0 Å². The van der Waals surface area contributed by atoms with Crippen LogP contribution in [0.5, 0.6) is 0 Å². The smallest absolute Gasteiger partial charge is 0.112 e. The molecule has 0 atom stereocenters. The lowest BCUT2D eigenvalue weighted by Crippen LogP contribution is -2.39. The topological polar surface area (TPSA) is 55.0 Å². The van der Waals surface area contributed by atoms with Gasteiger partial charge in [-0.2, -0.15) is 0 Å². The van der Waals surface area contributed by atoms with Gasteiger partial charge in [0.15, 0.2) is 0 Å². The molecule has 0 aliphatic carbocycles. The van der Waals surface area contributed by atoms with E-state index in [-0.39, 0.29) is 0 Å². The normalized spacial score (nSPS) is 17.3. The van der Waals surface area contributed by atoms with E-state index >= 15 is 0 Å². The van der Waals surface area contributed by atoms with E-state index in [1.165, 1.54) is 5.69 Å².